The number of hydroxylamine groups is 2. The van der Waals surface area contributed by atoms with Gasteiger partial charge >= 0.3 is 22.2 Å². The summed E-state index contributed by atoms with van der Waals surface area (Å²) in [5.41, 5.74) is -1.10. The molecule has 0 unspecified atom stereocenters. The van der Waals surface area contributed by atoms with Gasteiger partial charge in [0.2, 0.25) is 0 Å². The zero-order chi connectivity index (χ0) is 20.3. The molecule has 26 heavy (non-hydrogen) atoms. The van der Waals surface area contributed by atoms with Crippen molar-refractivity contribution in [2.24, 2.45) is 0 Å². The second kappa shape index (κ2) is 7.62. The van der Waals surface area contributed by atoms with Crippen LogP contribution in [0, 0.1) is 0 Å². The lowest BCUT2D eigenvalue weighted by Gasteiger charge is -2.31. The Kier molecular flexibility index (Phi) is 6.42. The molecule has 0 fully saturated rings. The van der Waals surface area contributed by atoms with Crippen LogP contribution in [-0.4, -0.2) is 45.8 Å². The van der Waals surface area contributed by atoms with Crippen molar-refractivity contribution in [2.45, 2.75) is 49.4 Å². The third-order valence-electron chi connectivity index (χ3n) is 2.96. The lowest BCUT2D eigenvalue weighted by atomic mass is 10.1. The van der Waals surface area contributed by atoms with E-state index < -0.39 is 47.3 Å². The minimum atomic E-state index is -4.78. The Balaban J connectivity index is 3.28. The van der Waals surface area contributed by atoms with Crippen LogP contribution in [0.5, 0.6) is 0 Å². The van der Waals surface area contributed by atoms with Crippen molar-refractivity contribution in [2.75, 3.05) is 6.26 Å². The van der Waals surface area contributed by atoms with Crippen LogP contribution in [0.15, 0.2) is 34.1 Å². The van der Waals surface area contributed by atoms with E-state index in [1.54, 1.807) is 0 Å². The first-order chi connectivity index (χ1) is 11.7. The molecule has 0 atom stereocenters. The van der Waals surface area contributed by atoms with E-state index in [1.165, 1.54) is 39.8 Å². The third-order valence-corrected chi connectivity index (χ3v) is 5.50. The first-order valence-electron chi connectivity index (χ1n) is 7.48. The van der Waals surface area contributed by atoms with Crippen molar-refractivity contribution < 1.29 is 35.4 Å². The molecule has 1 amide bonds. The number of amides is 1. The van der Waals surface area contributed by atoms with Gasteiger partial charge in [0.25, 0.3) is 0 Å². The summed E-state index contributed by atoms with van der Waals surface area (Å²) in [4.78, 5) is 27.4. The van der Waals surface area contributed by atoms with Gasteiger partial charge in [-0.15, -0.1) is 5.06 Å². The van der Waals surface area contributed by atoms with Gasteiger partial charge in [0.15, 0.2) is 9.84 Å². The maximum Gasteiger partial charge on any atom is 0.459 e. The highest BCUT2D eigenvalue weighted by Crippen LogP contribution is 2.24. The zero-order valence-corrected chi connectivity index (χ0v) is 16.7. The molecule has 1 rings (SSSR count). The van der Waals surface area contributed by atoms with E-state index >= 15 is 0 Å². The van der Waals surface area contributed by atoms with Crippen LogP contribution in [0.2, 0.25) is 0 Å². The molecule has 146 valence electrons. The van der Waals surface area contributed by atoms with Gasteiger partial charge in [0.1, 0.15) is 4.90 Å². The quantitative estimate of drug-likeness (QED) is 0.547. The molecule has 1 aromatic rings. The SMILES string of the molecule is CCC(=O)ON(C(=O)OS(=O)(=O)c1ccccc1S(C)(=O)=O)C(C)(C)C. The molecule has 0 aromatic heterocycles. The minimum absolute atomic E-state index is 0.0521. The number of benzene rings is 1. The Hall–Kier alpha value is -2.14. The number of carbonyl (C=O) groups is 2. The van der Waals surface area contributed by atoms with Gasteiger partial charge in [-0.05, 0) is 32.9 Å². The predicted octanol–water partition coefficient (Wildman–Crippen LogP) is 1.88. The Morgan fingerprint density at radius 1 is 1.04 bits per heavy atom. The number of nitrogens with zero attached hydrogens (tertiary/aromatic N) is 1. The molecule has 0 aliphatic rings. The highest BCUT2D eigenvalue weighted by molar-refractivity contribution is 7.92. The number of carbonyl (C=O) groups excluding carboxylic acids is 2. The highest BCUT2D eigenvalue weighted by Gasteiger charge is 2.36. The Bertz CT molecular complexity index is 898. The van der Waals surface area contributed by atoms with E-state index in [9.17, 15) is 26.4 Å². The molecule has 9 nitrogen and oxygen atoms in total. The van der Waals surface area contributed by atoms with Gasteiger partial charge in [-0.25, -0.2) is 18.0 Å². The van der Waals surface area contributed by atoms with Crippen molar-refractivity contribution in [1.29, 1.82) is 0 Å². The largest absolute Gasteiger partial charge is 0.459 e. The third kappa shape index (κ3) is 5.43. The number of hydrogen-bond acceptors (Lipinski definition) is 8. The average molecular weight is 407 g/mol. The lowest BCUT2D eigenvalue weighted by Crippen LogP contribution is -2.47. The van der Waals surface area contributed by atoms with Crippen LogP contribution >= 0.6 is 0 Å². The van der Waals surface area contributed by atoms with Gasteiger partial charge in [-0.1, -0.05) is 19.1 Å². The van der Waals surface area contributed by atoms with Gasteiger partial charge in [-0.2, -0.15) is 8.42 Å². The fourth-order valence-electron chi connectivity index (χ4n) is 1.75. The van der Waals surface area contributed by atoms with Crippen molar-refractivity contribution in [3.05, 3.63) is 24.3 Å². The normalized spacial score (nSPS) is 12.3. The summed E-state index contributed by atoms with van der Waals surface area (Å²) in [5.74, 6) is -0.772. The molecule has 0 heterocycles. The van der Waals surface area contributed by atoms with E-state index in [-0.39, 0.29) is 6.42 Å². The summed E-state index contributed by atoms with van der Waals surface area (Å²) in [5, 5.41) is 0.486. The van der Waals surface area contributed by atoms with Gasteiger partial charge in [0.05, 0.1) is 10.4 Å². The van der Waals surface area contributed by atoms with Crippen LogP contribution in [0.25, 0.3) is 0 Å². The first kappa shape index (κ1) is 21.9. The maximum absolute atomic E-state index is 12.4. The highest BCUT2D eigenvalue weighted by atomic mass is 32.2. The van der Waals surface area contributed by atoms with Crippen LogP contribution < -0.4 is 0 Å². The summed E-state index contributed by atoms with van der Waals surface area (Å²) >= 11 is 0. The van der Waals surface area contributed by atoms with E-state index in [2.05, 4.69) is 4.18 Å². The Morgan fingerprint density at radius 2 is 1.54 bits per heavy atom. The molecule has 0 saturated heterocycles. The molecule has 0 aliphatic heterocycles. The standard InChI is InChI=1S/C15H21NO8S2/c1-6-13(17)23-16(15(2,3)4)14(18)24-26(21,22)12-10-8-7-9-11(12)25(5,19)20/h7-10H,6H2,1-5H3. The van der Waals surface area contributed by atoms with Gasteiger partial charge in [0, 0.05) is 12.7 Å². The average Bonchev–Trinajstić information content (AvgIpc) is 2.49. The van der Waals surface area contributed by atoms with Gasteiger partial charge < -0.3 is 9.02 Å². The summed E-state index contributed by atoms with van der Waals surface area (Å²) in [6, 6.07) is 4.70. The van der Waals surface area contributed by atoms with Crippen LogP contribution in [0.3, 0.4) is 0 Å². The van der Waals surface area contributed by atoms with Crippen LogP contribution in [0.1, 0.15) is 34.1 Å². The van der Waals surface area contributed by atoms with Crippen molar-refractivity contribution in [1.82, 2.24) is 5.06 Å². The van der Waals surface area contributed by atoms with Crippen molar-refractivity contribution >= 4 is 32.0 Å². The molecule has 0 aliphatic carbocycles. The molecule has 0 spiro atoms. The van der Waals surface area contributed by atoms with Crippen LogP contribution in [-0.2, 0) is 33.8 Å². The molecule has 1 aromatic carbocycles. The van der Waals surface area contributed by atoms with Gasteiger partial charge in [-0.3, -0.25) is 0 Å². The smallest absolute Gasteiger partial charge is 0.335 e. The molecular formula is C15H21NO8S2. The first-order valence-corrected chi connectivity index (χ1v) is 10.8. The molecular weight excluding hydrogens is 386 g/mol. The fraction of sp³-hybridized carbons (Fsp3) is 0.467. The molecule has 0 bridgehead atoms. The molecule has 0 radical (unpaired) electrons. The molecule has 11 heteroatoms. The fourth-order valence-corrected chi connectivity index (χ4v) is 4.17. The Labute approximate surface area is 152 Å². The van der Waals surface area contributed by atoms with Crippen molar-refractivity contribution in [3.8, 4) is 0 Å². The second-order valence-electron chi connectivity index (χ2n) is 6.30. The molecule has 0 saturated carbocycles. The number of sulfone groups is 1. The van der Waals surface area contributed by atoms with E-state index in [1.807, 2.05) is 0 Å². The number of rotatable bonds is 4. The number of hydrogen-bond donors (Lipinski definition) is 0. The summed E-state index contributed by atoms with van der Waals surface area (Å²) < 4.78 is 52.9. The monoisotopic (exact) mass is 407 g/mol. The Morgan fingerprint density at radius 3 is 1.96 bits per heavy atom. The van der Waals surface area contributed by atoms with E-state index in [4.69, 9.17) is 4.84 Å². The second-order valence-corrected chi connectivity index (χ2v) is 9.80. The molecule has 0 N–H and O–H groups in total. The van der Waals surface area contributed by atoms with Crippen LogP contribution in [0.4, 0.5) is 4.79 Å². The van der Waals surface area contributed by atoms with E-state index in [0.717, 1.165) is 18.4 Å². The topological polar surface area (TPSA) is 124 Å². The minimum Gasteiger partial charge on any atom is -0.335 e. The maximum atomic E-state index is 12.4. The summed E-state index contributed by atoms with van der Waals surface area (Å²) in [6.45, 7) is 5.98. The predicted molar refractivity (Wildman–Crippen MR) is 91.2 cm³/mol. The van der Waals surface area contributed by atoms with E-state index in [0.29, 0.717) is 5.06 Å². The summed E-state index contributed by atoms with van der Waals surface area (Å²) in [6.07, 6.45) is -0.695. The lowest BCUT2D eigenvalue weighted by molar-refractivity contribution is -0.197. The summed E-state index contributed by atoms with van der Waals surface area (Å²) in [7, 11) is -8.68. The van der Waals surface area contributed by atoms with Crippen molar-refractivity contribution in [3.63, 3.8) is 0 Å². The zero-order valence-electron chi connectivity index (χ0n) is 15.0.